The summed E-state index contributed by atoms with van der Waals surface area (Å²) >= 11 is 0. The third-order valence-electron chi connectivity index (χ3n) is 4.26. The number of rotatable bonds is 5. The summed E-state index contributed by atoms with van der Waals surface area (Å²) in [6, 6.07) is 13.5. The number of likely N-dealkylation sites (N-methyl/N-ethyl adjacent to an activating group) is 1. The van der Waals surface area contributed by atoms with Crippen molar-refractivity contribution in [3.05, 3.63) is 65.5 Å². The number of nitrogens with zero attached hydrogens (tertiary/aromatic N) is 2. The predicted molar refractivity (Wildman–Crippen MR) is 86.1 cm³/mol. The summed E-state index contributed by atoms with van der Waals surface area (Å²) in [5.41, 5.74) is 4.30. The van der Waals surface area contributed by atoms with Crippen LogP contribution in [0.5, 0.6) is 0 Å². The summed E-state index contributed by atoms with van der Waals surface area (Å²) in [4.78, 5) is 6.59. The molecule has 0 spiro atoms. The first-order chi connectivity index (χ1) is 10.4. The standard InChI is InChI=1S/C18H23N3/c1-2-21(13-15-7-10-19-11-8-15)14-18-17-6-4-3-5-16(17)9-12-20-18/h3-8,10-11,18,20H,2,9,12-14H2,1H3. The van der Waals surface area contributed by atoms with Crippen LogP contribution in [0.1, 0.15) is 29.7 Å². The van der Waals surface area contributed by atoms with Crippen molar-refractivity contribution in [3.8, 4) is 0 Å². The second kappa shape index (κ2) is 6.83. The van der Waals surface area contributed by atoms with Crippen molar-refractivity contribution in [2.75, 3.05) is 19.6 Å². The van der Waals surface area contributed by atoms with Crippen LogP contribution < -0.4 is 5.32 Å². The van der Waals surface area contributed by atoms with Crippen molar-refractivity contribution in [1.82, 2.24) is 15.2 Å². The maximum atomic E-state index is 4.09. The van der Waals surface area contributed by atoms with Crippen LogP contribution in [0.25, 0.3) is 0 Å². The Hall–Kier alpha value is -1.71. The molecule has 0 saturated heterocycles. The lowest BCUT2D eigenvalue weighted by Crippen LogP contribution is -2.38. The molecule has 0 fully saturated rings. The molecule has 1 aliphatic rings. The van der Waals surface area contributed by atoms with Crippen molar-refractivity contribution < 1.29 is 0 Å². The summed E-state index contributed by atoms with van der Waals surface area (Å²) in [6.07, 6.45) is 4.89. The SMILES string of the molecule is CCN(Cc1ccncc1)CC1NCCc2ccccc21. The Kier molecular flexibility index (Phi) is 4.63. The van der Waals surface area contributed by atoms with Crippen LogP contribution in [-0.2, 0) is 13.0 Å². The molecule has 2 heterocycles. The van der Waals surface area contributed by atoms with Crippen LogP contribution in [0.3, 0.4) is 0 Å². The van der Waals surface area contributed by atoms with Crippen molar-refractivity contribution in [1.29, 1.82) is 0 Å². The molecule has 1 aromatic heterocycles. The minimum Gasteiger partial charge on any atom is -0.309 e. The van der Waals surface area contributed by atoms with Gasteiger partial charge in [0.15, 0.2) is 0 Å². The Bertz CT molecular complexity index is 568. The van der Waals surface area contributed by atoms with Gasteiger partial charge >= 0.3 is 0 Å². The molecule has 1 aromatic carbocycles. The molecule has 3 nitrogen and oxygen atoms in total. The van der Waals surface area contributed by atoms with E-state index in [1.165, 1.54) is 16.7 Å². The highest BCUT2D eigenvalue weighted by Crippen LogP contribution is 2.23. The molecule has 3 heteroatoms. The molecule has 0 aliphatic carbocycles. The third-order valence-corrected chi connectivity index (χ3v) is 4.26. The summed E-state index contributed by atoms with van der Waals surface area (Å²) in [6.45, 7) is 6.41. The highest BCUT2D eigenvalue weighted by molar-refractivity contribution is 5.32. The van der Waals surface area contributed by atoms with Gasteiger partial charge < -0.3 is 5.32 Å². The van der Waals surface area contributed by atoms with E-state index >= 15 is 0 Å². The molecule has 2 aromatic rings. The zero-order valence-electron chi connectivity index (χ0n) is 12.6. The van der Waals surface area contributed by atoms with E-state index < -0.39 is 0 Å². The number of pyridine rings is 1. The van der Waals surface area contributed by atoms with Crippen molar-refractivity contribution in [3.63, 3.8) is 0 Å². The lowest BCUT2D eigenvalue weighted by atomic mass is 9.94. The Balaban J connectivity index is 1.70. The van der Waals surface area contributed by atoms with Gasteiger partial charge in [0.2, 0.25) is 0 Å². The van der Waals surface area contributed by atoms with Gasteiger partial charge in [-0.15, -0.1) is 0 Å². The first-order valence-corrected chi connectivity index (χ1v) is 7.79. The fourth-order valence-electron chi connectivity index (χ4n) is 3.07. The van der Waals surface area contributed by atoms with E-state index in [9.17, 15) is 0 Å². The van der Waals surface area contributed by atoms with Gasteiger partial charge in [0.25, 0.3) is 0 Å². The molecule has 0 saturated carbocycles. The van der Waals surface area contributed by atoms with Crippen molar-refractivity contribution in [2.24, 2.45) is 0 Å². The quantitative estimate of drug-likeness (QED) is 0.913. The van der Waals surface area contributed by atoms with E-state index in [4.69, 9.17) is 0 Å². The van der Waals surface area contributed by atoms with E-state index in [0.29, 0.717) is 6.04 Å². The molecule has 1 aliphatic heterocycles. The van der Waals surface area contributed by atoms with Gasteiger partial charge in [-0.25, -0.2) is 0 Å². The topological polar surface area (TPSA) is 28.2 Å². The first kappa shape index (κ1) is 14.2. The third kappa shape index (κ3) is 3.49. The second-order valence-corrected chi connectivity index (χ2v) is 5.64. The largest absolute Gasteiger partial charge is 0.309 e. The van der Waals surface area contributed by atoms with E-state index in [-0.39, 0.29) is 0 Å². The van der Waals surface area contributed by atoms with Gasteiger partial charge in [-0.05, 0) is 48.3 Å². The molecule has 0 bridgehead atoms. The summed E-state index contributed by atoms with van der Waals surface area (Å²) in [5, 5.41) is 3.67. The minimum atomic E-state index is 0.441. The second-order valence-electron chi connectivity index (χ2n) is 5.64. The highest BCUT2D eigenvalue weighted by Gasteiger charge is 2.21. The van der Waals surface area contributed by atoms with Crippen LogP contribution in [0.4, 0.5) is 0 Å². The van der Waals surface area contributed by atoms with Gasteiger partial charge in [-0.1, -0.05) is 31.2 Å². The number of fused-ring (bicyclic) bond motifs is 1. The Morgan fingerprint density at radius 2 is 2.00 bits per heavy atom. The summed E-state index contributed by atoms with van der Waals surface area (Å²) < 4.78 is 0. The molecule has 110 valence electrons. The Morgan fingerprint density at radius 3 is 2.81 bits per heavy atom. The summed E-state index contributed by atoms with van der Waals surface area (Å²) in [5.74, 6) is 0. The molecular formula is C18H23N3. The van der Waals surface area contributed by atoms with Crippen molar-refractivity contribution in [2.45, 2.75) is 25.9 Å². The maximum absolute atomic E-state index is 4.09. The van der Waals surface area contributed by atoms with E-state index in [0.717, 1.165) is 32.6 Å². The van der Waals surface area contributed by atoms with E-state index in [1.807, 2.05) is 12.4 Å². The van der Waals surface area contributed by atoms with Gasteiger partial charge in [-0.2, -0.15) is 0 Å². The molecule has 0 radical (unpaired) electrons. The number of aromatic nitrogens is 1. The normalized spacial score (nSPS) is 17.7. The minimum absolute atomic E-state index is 0.441. The van der Waals surface area contributed by atoms with Gasteiger partial charge in [0.1, 0.15) is 0 Å². The predicted octanol–water partition coefficient (Wildman–Crippen LogP) is 2.79. The lowest BCUT2D eigenvalue weighted by molar-refractivity contribution is 0.242. The van der Waals surface area contributed by atoms with Gasteiger partial charge in [0.05, 0.1) is 0 Å². The Labute approximate surface area is 127 Å². The maximum Gasteiger partial charge on any atom is 0.0452 e. The number of hydrogen-bond donors (Lipinski definition) is 1. The van der Waals surface area contributed by atoms with Crippen LogP contribution >= 0.6 is 0 Å². The fraction of sp³-hybridized carbons (Fsp3) is 0.389. The molecule has 3 rings (SSSR count). The van der Waals surface area contributed by atoms with Crippen LogP contribution in [0, 0.1) is 0 Å². The first-order valence-electron chi connectivity index (χ1n) is 7.79. The molecule has 0 amide bonds. The average molecular weight is 281 g/mol. The van der Waals surface area contributed by atoms with Crippen LogP contribution in [0.2, 0.25) is 0 Å². The smallest absolute Gasteiger partial charge is 0.0452 e. The number of benzene rings is 1. The highest BCUT2D eigenvalue weighted by atomic mass is 15.1. The molecule has 1 N–H and O–H groups in total. The van der Waals surface area contributed by atoms with Gasteiger partial charge in [0, 0.05) is 31.5 Å². The van der Waals surface area contributed by atoms with Crippen LogP contribution in [-0.4, -0.2) is 29.5 Å². The van der Waals surface area contributed by atoms with Gasteiger partial charge in [-0.3, -0.25) is 9.88 Å². The lowest BCUT2D eigenvalue weighted by Gasteiger charge is -2.31. The van der Waals surface area contributed by atoms with Crippen LogP contribution in [0.15, 0.2) is 48.8 Å². The van der Waals surface area contributed by atoms with E-state index in [2.05, 4.69) is 58.5 Å². The number of nitrogens with one attached hydrogen (secondary N) is 1. The summed E-state index contributed by atoms with van der Waals surface area (Å²) in [7, 11) is 0. The monoisotopic (exact) mass is 281 g/mol. The van der Waals surface area contributed by atoms with E-state index in [1.54, 1.807) is 0 Å². The molecular weight excluding hydrogens is 258 g/mol. The average Bonchev–Trinajstić information content (AvgIpc) is 2.55. The Morgan fingerprint density at radius 1 is 1.19 bits per heavy atom. The van der Waals surface area contributed by atoms with Crippen molar-refractivity contribution >= 4 is 0 Å². The molecule has 1 unspecified atom stereocenters. The zero-order valence-corrected chi connectivity index (χ0v) is 12.6. The fourth-order valence-corrected chi connectivity index (χ4v) is 3.07. The zero-order chi connectivity index (χ0) is 14.5. The molecule has 21 heavy (non-hydrogen) atoms. The molecule has 1 atom stereocenters. The number of hydrogen-bond acceptors (Lipinski definition) is 3.